The average molecular weight is 836 g/mol. The number of methoxy groups -OCH3 is 1. The van der Waals surface area contributed by atoms with Gasteiger partial charge in [0.25, 0.3) is 5.91 Å². The number of cyclic esters (lactones) is 1. The van der Waals surface area contributed by atoms with Crippen LogP contribution < -0.4 is 24.8 Å². The van der Waals surface area contributed by atoms with Gasteiger partial charge in [0, 0.05) is 28.5 Å². The standard InChI is InChI=1S/C42H53N5O9S2/c1-5-26-21-42(26,39(50)46-58(52,53)28-13-14-28)45-35(48)32-19-27-22-47(32)38(49)34(24-10-7-6-8-11-24)43-40(51)55-23-41(2,3)16-9-12-25-18-31-30(20-33(25)54-4)29-15-17-57-37(29)44-36(31)56-27/h5,15,17-18,20,24,26-28,32,34H,1,6-14,16,19,21-23H2,2-4H3,(H,43,51)(H,45,48)(H,46,50)/t26-,27-,32-,34+,42-/m1/s1. The zero-order chi connectivity index (χ0) is 41.0. The molecule has 2 aliphatic heterocycles. The molecule has 4 heterocycles. The Bertz CT molecular complexity index is 2250. The lowest BCUT2D eigenvalue weighted by Gasteiger charge is -2.35. The molecule has 3 aromatic rings. The van der Waals surface area contributed by atoms with Crippen molar-refractivity contribution in [3.63, 3.8) is 0 Å². The van der Waals surface area contributed by atoms with E-state index in [1.807, 2.05) is 31.4 Å². The van der Waals surface area contributed by atoms with Gasteiger partial charge in [-0.05, 0) is 91.8 Å². The number of aryl methyl sites for hydroxylation is 1. The highest BCUT2D eigenvalue weighted by Crippen LogP contribution is 2.46. The monoisotopic (exact) mass is 835 g/mol. The van der Waals surface area contributed by atoms with Crippen molar-refractivity contribution in [3.05, 3.63) is 41.8 Å². The number of sulfonamides is 1. The number of benzene rings is 1. The van der Waals surface area contributed by atoms with Gasteiger partial charge >= 0.3 is 6.09 Å². The molecule has 0 radical (unpaired) electrons. The summed E-state index contributed by atoms with van der Waals surface area (Å²) in [7, 11) is -2.25. The number of pyridine rings is 1. The van der Waals surface area contributed by atoms with Crippen LogP contribution in [0.3, 0.4) is 0 Å². The maximum absolute atomic E-state index is 14.9. The molecule has 0 spiro atoms. The fraction of sp³-hybridized carbons (Fsp3) is 0.595. The smallest absolute Gasteiger partial charge is 0.407 e. The molecule has 1 saturated heterocycles. The van der Waals surface area contributed by atoms with E-state index in [0.29, 0.717) is 25.1 Å². The van der Waals surface area contributed by atoms with Crippen LogP contribution in [-0.4, -0.2) is 91.4 Å². The van der Waals surface area contributed by atoms with Crippen molar-refractivity contribution >= 4 is 66.2 Å². The van der Waals surface area contributed by atoms with Crippen molar-refractivity contribution in [1.82, 2.24) is 25.2 Å². The van der Waals surface area contributed by atoms with Crippen LogP contribution in [0.25, 0.3) is 21.0 Å². The number of carbonyl (C=O) groups excluding carboxylic acids is 4. The van der Waals surface area contributed by atoms with Crippen molar-refractivity contribution < 1.29 is 41.8 Å². The highest BCUT2D eigenvalue weighted by atomic mass is 32.2. The lowest BCUT2D eigenvalue weighted by molar-refractivity contribution is -0.142. The first-order valence-corrected chi connectivity index (χ1v) is 22.9. The number of carbonyl (C=O) groups is 4. The Hall–Kier alpha value is -4.44. The predicted octanol–water partition coefficient (Wildman–Crippen LogP) is 5.51. The third-order valence-electron chi connectivity index (χ3n) is 12.7. The van der Waals surface area contributed by atoms with Crippen LogP contribution in [0.5, 0.6) is 11.6 Å². The summed E-state index contributed by atoms with van der Waals surface area (Å²) in [5.74, 6) is -1.48. The van der Waals surface area contributed by atoms with Crippen LogP contribution in [0.15, 0.2) is 36.2 Å². The Balaban J connectivity index is 1.17. The molecule has 5 atom stereocenters. The maximum Gasteiger partial charge on any atom is 0.407 e. The van der Waals surface area contributed by atoms with Crippen molar-refractivity contribution in [2.45, 2.75) is 120 Å². The Morgan fingerprint density at radius 2 is 1.86 bits per heavy atom. The molecule has 0 unspecified atom stereocenters. The molecule has 3 saturated carbocycles. The van der Waals surface area contributed by atoms with E-state index in [1.54, 1.807) is 7.11 Å². The Labute approximate surface area is 342 Å². The topological polar surface area (TPSA) is 182 Å². The molecule has 14 nitrogen and oxygen atoms in total. The molecule has 4 fully saturated rings. The summed E-state index contributed by atoms with van der Waals surface area (Å²) in [6.45, 7) is 8.05. The van der Waals surface area contributed by atoms with E-state index in [-0.39, 0.29) is 37.3 Å². The predicted molar refractivity (Wildman–Crippen MR) is 219 cm³/mol. The van der Waals surface area contributed by atoms with Gasteiger partial charge in [-0.3, -0.25) is 19.1 Å². The third kappa shape index (κ3) is 7.97. The lowest BCUT2D eigenvalue weighted by atomic mass is 9.83. The third-order valence-corrected chi connectivity index (χ3v) is 15.3. The molecule has 5 aliphatic rings. The minimum absolute atomic E-state index is 0.00129. The van der Waals surface area contributed by atoms with E-state index in [0.717, 1.165) is 77.2 Å². The molecule has 3 aliphatic carbocycles. The molecule has 312 valence electrons. The van der Waals surface area contributed by atoms with Gasteiger partial charge in [-0.25, -0.2) is 18.2 Å². The van der Waals surface area contributed by atoms with E-state index in [4.69, 9.17) is 19.2 Å². The van der Waals surface area contributed by atoms with Crippen molar-refractivity contribution in [3.8, 4) is 11.6 Å². The van der Waals surface area contributed by atoms with E-state index in [2.05, 4.69) is 28.0 Å². The van der Waals surface area contributed by atoms with Gasteiger partial charge in [-0.2, -0.15) is 0 Å². The molecule has 58 heavy (non-hydrogen) atoms. The minimum atomic E-state index is -3.90. The summed E-state index contributed by atoms with van der Waals surface area (Å²) >= 11 is 1.48. The second kappa shape index (κ2) is 15.6. The van der Waals surface area contributed by atoms with Gasteiger partial charge in [0.1, 0.15) is 34.3 Å². The van der Waals surface area contributed by atoms with Gasteiger partial charge in [-0.1, -0.05) is 39.2 Å². The molecule has 1 aromatic carbocycles. The average Bonchev–Trinajstić information content (AvgIpc) is 4.09. The van der Waals surface area contributed by atoms with Crippen LogP contribution >= 0.6 is 11.3 Å². The fourth-order valence-corrected chi connectivity index (χ4v) is 11.2. The summed E-state index contributed by atoms with van der Waals surface area (Å²) in [6, 6.07) is 4.00. The SMILES string of the molecule is C=C[C@@H]1C[C@]1(NC(=O)[C@H]1C[C@@H]2CN1C(=O)[C@H](C1CCCCC1)NC(=O)OCC(C)(C)CCCc1cc3c(nc4sccc4c3cc1OC)O2)C(=O)NS(=O)(=O)C1CC1. The first-order chi connectivity index (χ1) is 27.7. The summed E-state index contributed by atoms with van der Waals surface area (Å²) in [5.41, 5.74) is -0.945. The number of aromatic nitrogens is 1. The number of hydrogen-bond donors (Lipinski definition) is 3. The summed E-state index contributed by atoms with van der Waals surface area (Å²) in [4.78, 5) is 63.9. The van der Waals surface area contributed by atoms with Crippen LogP contribution in [0.2, 0.25) is 0 Å². The molecular formula is C42H53N5O9S2. The fourth-order valence-electron chi connectivity index (χ4n) is 9.08. The van der Waals surface area contributed by atoms with Gasteiger partial charge in [0.05, 0.1) is 25.5 Å². The Morgan fingerprint density at radius 3 is 2.57 bits per heavy atom. The number of thiophene rings is 1. The summed E-state index contributed by atoms with van der Waals surface area (Å²) in [5, 5.41) is 9.76. The van der Waals surface area contributed by atoms with Crippen LogP contribution in [-0.2, 0) is 35.6 Å². The van der Waals surface area contributed by atoms with Gasteiger partial charge in [0.2, 0.25) is 27.7 Å². The summed E-state index contributed by atoms with van der Waals surface area (Å²) < 4.78 is 46.3. The van der Waals surface area contributed by atoms with Gasteiger partial charge in [0.15, 0.2) is 0 Å². The Kier molecular flexibility index (Phi) is 10.9. The van der Waals surface area contributed by atoms with E-state index < -0.39 is 68.7 Å². The first kappa shape index (κ1) is 40.3. The first-order valence-electron chi connectivity index (χ1n) is 20.5. The zero-order valence-corrected chi connectivity index (χ0v) is 35.0. The zero-order valence-electron chi connectivity index (χ0n) is 33.3. The maximum atomic E-state index is 14.9. The number of fused-ring (bicyclic) bond motifs is 5. The molecule has 4 bridgehead atoms. The van der Waals surface area contributed by atoms with Crippen LogP contribution in [0.4, 0.5) is 4.79 Å². The largest absolute Gasteiger partial charge is 0.496 e. The second-order valence-corrected chi connectivity index (χ2v) is 20.4. The molecule has 4 amide bonds. The number of alkyl carbamates (subject to hydrolysis) is 1. The van der Waals surface area contributed by atoms with Crippen LogP contribution in [0.1, 0.15) is 90.0 Å². The number of nitrogens with one attached hydrogen (secondary N) is 3. The quantitative estimate of drug-likeness (QED) is 0.245. The normalized spacial score (nSPS) is 28.2. The number of ether oxygens (including phenoxy) is 3. The van der Waals surface area contributed by atoms with E-state index in [1.165, 1.54) is 22.3 Å². The second-order valence-electron chi connectivity index (χ2n) is 17.5. The van der Waals surface area contributed by atoms with E-state index >= 15 is 0 Å². The van der Waals surface area contributed by atoms with Crippen LogP contribution in [0, 0.1) is 17.3 Å². The number of hydrogen-bond acceptors (Lipinski definition) is 11. The minimum Gasteiger partial charge on any atom is -0.496 e. The molecule has 3 N–H and O–H groups in total. The van der Waals surface area contributed by atoms with Crippen molar-refractivity contribution in [2.75, 3.05) is 20.3 Å². The van der Waals surface area contributed by atoms with Crippen molar-refractivity contribution in [2.24, 2.45) is 17.3 Å². The number of rotatable bonds is 8. The van der Waals surface area contributed by atoms with Gasteiger partial charge < -0.3 is 29.7 Å². The molecular weight excluding hydrogens is 783 g/mol. The molecule has 16 heteroatoms. The number of amides is 4. The Morgan fingerprint density at radius 1 is 1.09 bits per heavy atom. The summed E-state index contributed by atoms with van der Waals surface area (Å²) in [6.07, 6.45) is 7.76. The highest BCUT2D eigenvalue weighted by Gasteiger charge is 2.62. The van der Waals surface area contributed by atoms with E-state index in [9.17, 15) is 27.6 Å². The molecule has 2 aromatic heterocycles. The van der Waals surface area contributed by atoms with Gasteiger partial charge in [-0.15, -0.1) is 17.9 Å². The van der Waals surface area contributed by atoms with Crippen molar-refractivity contribution in [1.29, 1.82) is 0 Å². The lowest BCUT2D eigenvalue weighted by Crippen LogP contribution is -2.59. The highest BCUT2D eigenvalue weighted by molar-refractivity contribution is 7.91. The number of nitrogens with zero attached hydrogens (tertiary/aromatic N) is 2. The molecule has 8 rings (SSSR count).